The van der Waals surface area contributed by atoms with E-state index in [0.717, 1.165) is 11.5 Å². The summed E-state index contributed by atoms with van der Waals surface area (Å²) in [5.74, 6) is -0.584. The number of amides is 2. The van der Waals surface area contributed by atoms with Crippen molar-refractivity contribution in [2.75, 3.05) is 30.3 Å². The largest absolute Gasteiger partial charge is 0.382 e. The van der Waals surface area contributed by atoms with Crippen LogP contribution in [-0.2, 0) is 4.79 Å². The Balaban J connectivity index is 2.32. The van der Waals surface area contributed by atoms with Crippen LogP contribution in [0.5, 0.6) is 0 Å². The van der Waals surface area contributed by atoms with E-state index in [-0.39, 0.29) is 23.8 Å². The summed E-state index contributed by atoms with van der Waals surface area (Å²) in [7, 11) is 0. The number of nitrogens with zero attached hydrogens (tertiary/aromatic N) is 2. The highest BCUT2D eigenvalue weighted by atomic mass is 32.1. The lowest BCUT2D eigenvalue weighted by molar-refractivity contribution is -0.120. The highest BCUT2D eigenvalue weighted by molar-refractivity contribution is 7.11. The van der Waals surface area contributed by atoms with E-state index in [9.17, 15) is 9.59 Å². The van der Waals surface area contributed by atoms with Crippen LogP contribution >= 0.6 is 11.5 Å². The van der Waals surface area contributed by atoms with Crippen LogP contribution in [0.1, 0.15) is 10.4 Å². The highest BCUT2D eigenvalue weighted by Crippen LogP contribution is 2.30. The predicted molar refractivity (Wildman–Crippen MR) is 60.3 cm³/mol. The molecule has 0 saturated carbocycles. The zero-order chi connectivity index (χ0) is 11.7. The van der Waals surface area contributed by atoms with Crippen LogP contribution < -0.4 is 21.7 Å². The fourth-order valence-corrected chi connectivity index (χ4v) is 2.40. The molecule has 1 saturated heterocycles. The van der Waals surface area contributed by atoms with Crippen molar-refractivity contribution >= 4 is 34.2 Å². The monoisotopic (exact) mass is 241 g/mol. The number of anilines is 2. The highest BCUT2D eigenvalue weighted by Gasteiger charge is 2.25. The molecule has 0 unspecified atom stereocenters. The lowest BCUT2D eigenvalue weighted by Crippen LogP contribution is -2.47. The Kier molecular flexibility index (Phi) is 2.65. The second kappa shape index (κ2) is 3.97. The predicted octanol–water partition coefficient (Wildman–Crippen LogP) is -1.24. The van der Waals surface area contributed by atoms with Gasteiger partial charge in [-0.15, -0.1) is 0 Å². The van der Waals surface area contributed by atoms with Gasteiger partial charge in [-0.3, -0.25) is 9.59 Å². The van der Waals surface area contributed by atoms with Gasteiger partial charge in [0.25, 0.3) is 5.91 Å². The van der Waals surface area contributed by atoms with Gasteiger partial charge < -0.3 is 21.7 Å². The summed E-state index contributed by atoms with van der Waals surface area (Å²) in [5.41, 5.74) is 11.0. The van der Waals surface area contributed by atoms with Crippen LogP contribution in [0.25, 0.3) is 0 Å². The summed E-state index contributed by atoms with van der Waals surface area (Å²) in [5, 5.41) is 3.26. The fourth-order valence-electron chi connectivity index (χ4n) is 1.55. The van der Waals surface area contributed by atoms with E-state index < -0.39 is 5.91 Å². The third-order valence-corrected chi connectivity index (χ3v) is 3.20. The van der Waals surface area contributed by atoms with Gasteiger partial charge in [0.05, 0.1) is 6.54 Å². The Morgan fingerprint density at radius 3 is 2.94 bits per heavy atom. The number of primary amides is 1. The summed E-state index contributed by atoms with van der Waals surface area (Å²) in [6, 6.07) is 0. The second-order valence-electron chi connectivity index (χ2n) is 3.38. The molecule has 0 aliphatic carbocycles. The first-order valence-corrected chi connectivity index (χ1v) is 5.43. The number of piperazine rings is 1. The number of hydrogen-bond acceptors (Lipinski definition) is 6. The molecule has 0 bridgehead atoms. The fraction of sp³-hybridized carbons (Fsp3) is 0.375. The van der Waals surface area contributed by atoms with Crippen molar-refractivity contribution in [1.29, 1.82) is 0 Å². The van der Waals surface area contributed by atoms with Gasteiger partial charge in [-0.25, -0.2) is 0 Å². The lowest BCUT2D eigenvalue weighted by Gasteiger charge is -2.27. The van der Waals surface area contributed by atoms with Crippen LogP contribution in [0.15, 0.2) is 0 Å². The van der Waals surface area contributed by atoms with Gasteiger partial charge in [0.1, 0.15) is 10.6 Å². The minimum Gasteiger partial charge on any atom is -0.382 e. The van der Waals surface area contributed by atoms with E-state index in [1.54, 1.807) is 4.90 Å². The van der Waals surface area contributed by atoms with Gasteiger partial charge in [0.2, 0.25) is 5.91 Å². The molecule has 0 radical (unpaired) electrons. The van der Waals surface area contributed by atoms with E-state index in [4.69, 9.17) is 11.5 Å². The molecule has 2 rings (SSSR count). The van der Waals surface area contributed by atoms with Gasteiger partial charge in [0, 0.05) is 13.1 Å². The minimum atomic E-state index is -0.618. The van der Waals surface area contributed by atoms with Crippen molar-refractivity contribution in [3.8, 4) is 0 Å². The molecule has 1 aliphatic heterocycles. The van der Waals surface area contributed by atoms with Gasteiger partial charge in [-0.05, 0) is 11.5 Å². The molecule has 0 atom stereocenters. The Morgan fingerprint density at radius 1 is 1.56 bits per heavy atom. The molecule has 16 heavy (non-hydrogen) atoms. The van der Waals surface area contributed by atoms with Crippen LogP contribution in [-0.4, -0.2) is 35.8 Å². The van der Waals surface area contributed by atoms with E-state index >= 15 is 0 Å². The van der Waals surface area contributed by atoms with Gasteiger partial charge in [0.15, 0.2) is 5.82 Å². The maximum Gasteiger partial charge on any atom is 0.255 e. The molecule has 86 valence electrons. The van der Waals surface area contributed by atoms with Crippen molar-refractivity contribution in [2.24, 2.45) is 5.73 Å². The molecule has 8 heteroatoms. The van der Waals surface area contributed by atoms with E-state index in [0.29, 0.717) is 18.1 Å². The van der Waals surface area contributed by atoms with Crippen molar-refractivity contribution in [2.45, 2.75) is 0 Å². The van der Waals surface area contributed by atoms with Crippen molar-refractivity contribution < 1.29 is 9.59 Å². The van der Waals surface area contributed by atoms with Gasteiger partial charge in [-0.2, -0.15) is 4.37 Å². The normalized spacial score (nSPS) is 16.0. The summed E-state index contributed by atoms with van der Waals surface area (Å²) in [6.45, 7) is 1.35. The van der Waals surface area contributed by atoms with Gasteiger partial charge in [-0.1, -0.05) is 0 Å². The lowest BCUT2D eigenvalue weighted by atomic mass is 10.2. The molecule has 5 N–H and O–H groups in total. The summed E-state index contributed by atoms with van der Waals surface area (Å²) in [4.78, 5) is 24.2. The van der Waals surface area contributed by atoms with Crippen LogP contribution in [0, 0.1) is 0 Å². The molecular weight excluding hydrogens is 230 g/mol. The molecule has 0 spiro atoms. The van der Waals surface area contributed by atoms with E-state index in [1.807, 2.05) is 0 Å². The number of nitrogens with one attached hydrogen (secondary N) is 1. The topological polar surface area (TPSA) is 114 Å². The molecular formula is C8H11N5O2S. The molecule has 1 aromatic heterocycles. The van der Waals surface area contributed by atoms with E-state index in [2.05, 4.69) is 9.69 Å². The molecule has 7 nitrogen and oxygen atoms in total. The van der Waals surface area contributed by atoms with E-state index in [1.165, 1.54) is 0 Å². The SMILES string of the molecule is NC(=O)c1c(N)nsc1N1CCNC(=O)C1. The molecule has 0 aromatic carbocycles. The summed E-state index contributed by atoms with van der Waals surface area (Å²) < 4.78 is 3.88. The third-order valence-electron chi connectivity index (χ3n) is 2.27. The van der Waals surface area contributed by atoms with Crippen LogP contribution in [0.4, 0.5) is 10.8 Å². The van der Waals surface area contributed by atoms with Crippen molar-refractivity contribution in [3.63, 3.8) is 0 Å². The zero-order valence-corrected chi connectivity index (χ0v) is 9.21. The number of carbonyl (C=O) groups is 2. The van der Waals surface area contributed by atoms with Crippen molar-refractivity contribution in [3.05, 3.63) is 5.56 Å². The molecule has 1 aliphatic rings. The van der Waals surface area contributed by atoms with Crippen LogP contribution in [0.2, 0.25) is 0 Å². The minimum absolute atomic E-state index is 0.0892. The first-order valence-electron chi connectivity index (χ1n) is 4.66. The number of hydrogen-bond donors (Lipinski definition) is 3. The number of aromatic nitrogens is 1. The van der Waals surface area contributed by atoms with Crippen molar-refractivity contribution in [1.82, 2.24) is 9.69 Å². The Morgan fingerprint density at radius 2 is 2.31 bits per heavy atom. The Hall–Kier alpha value is -1.83. The maximum atomic E-state index is 11.2. The number of nitrogen functional groups attached to an aromatic ring is 1. The first-order chi connectivity index (χ1) is 7.59. The smallest absolute Gasteiger partial charge is 0.255 e. The third kappa shape index (κ3) is 1.78. The average molecular weight is 241 g/mol. The van der Waals surface area contributed by atoms with Crippen LogP contribution in [0.3, 0.4) is 0 Å². The molecule has 1 fully saturated rings. The number of rotatable bonds is 2. The average Bonchev–Trinajstić information content (AvgIpc) is 2.60. The summed E-state index contributed by atoms with van der Waals surface area (Å²) >= 11 is 1.08. The number of nitrogens with two attached hydrogens (primary N) is 2. The molecule has 1 aromatic rings. The van der Waals surface area contributed by atoms with Gasteiger partial charge >= 0.3 is 0 Å². The molecule has 2 amide bonds. The number of carbonyl (C=O) groups excluding carboxylic acids is 2. The Bertz CT molecular complexity index is 444. The molecule has 2 heterocycles. The quantitative estimate of drug-likeness (QED) is 0.599. The Labute approximate surface area is 95.6 Å². The first kappa shape index (κ1) is 10.7. The maximum absolute atomic E-state index is 11.2. The zero-order valence-electron chi connectivity index (χ0n) is 8.40. The summed E-state index contributed by atoms with van der Waals surface area (Å²) in [6.07, 6.45) is 0. The standard InChI is InChI=1S/C8H11N5O2S/c9-6-5(7(10)15)8(16-12-6)13-2-1-11-4(14)3-13/h1-3H2,(H2,9,12)(H2,10,15)(H,11,14). The second-order valence-corrected chi connectivity index (χ2v) is 4.14.